The number of nitrogens with zero attached hydrogens (tertiary/aromatic N) is 3. The summed E-state index contributed by atoms with van der Waals surface area (Å²) in [5.41, 5.74) is 2.53. The summed E-state index contributed by atoms with van der Waals surface area (Å²) < 4.78 is 1.61. The predicted molar refractivity (Wildman–Crippen MR) is 110 cm³/mol. The molecule has 142 valence electrons. The molecule has 1 amide bonds. The maximum absolute atomic E-state index is 12.9. The van der Waals surface area contributed by atoms with Gasteiger partial charge in [0, 0.05) is 17.3 Å². The van der Waals surface area contributed by atoms with Gasteiger partial charge in [0.25, 0.3) is 5.91 Å². The Morgan fingerprint density at radius 1 is 0.862 bits per heavy atom. The van der Waals surface area contributed by atoms with Gasteiger partial charge in [0.1, 0.15) is 0 Å². The van der Waals surface area contributed by atoms with Crippen molar-refractivity contribution in [1.82, 2.24) is 14.8 Å². The molecule has 0 unspecified atom stereocenters. The molecule has 0 bridgehead atoms. The molecular formula is C23H18N4O2. The number of pyridine rings is 1. The van der Waals surface area contributed by atoms with Crippen molar-refractivity contribution in [3.05, 3.63) is 108 Å². The molecule has 0 aliphatic rings. The fourth-order valence-electron chi connectivity index (χ4n) is 3.07. The van der Waals surface area contributed by atoms with Crippen LogP contribution in [0, 0.1) is 6.92 Å². The Labute approximate surface area is 167 Å². The minimum absolute atomic E-state index is 0.151. The van der Waals surface area contributed by atoms with E-state index in [0.29, 0.717) is 33.9 Å². The van der Waals surface area contributed by atoms with Crippen LogP contribution in [0.4, 0.5) is 5.69 Å². The van der Waals surface area contributed by atoms with Gasteiger partial charge in [-0.05, 0) is 31.2 Å². The Hall–Kier alpha value is -4.06. The summed E-state index contributed by atoms with van der Waals surface area (Å²) in [5, 5.41) is 7.13. The highest BCUT2D eigenvalue weighted by atomic mass is 16.2. The Balaban J connectivity index is 1.62. The number of hydrogen-bond donors (Lipinski definition) is 1. The van der Waals surface area contributed by atoms with Gasteiger partial charge in [-0.25, -0.2) is 9.67 Å². The molecule has 0 atom stereocenters. The number of nitrogens with one attached hydrogen (secondary N) is 1. The highest BCUT2D eigenvalue weighted by Gasteiger charge is 2.19. The molecule has 6 heteroatoms. The smallest absolute Gasteiger partial charge is 0.259 e. The Morgan fingerprint density at radius 2 is 1.59 bits per heavy atom. The molecule has 2 heterocycles. The summed E-state index contributed by atoms with van der Waals surface area (Å²) in [6, 6.07) is 21.4. The molecule has 0 aliphatic heterocycles. The fraction of sp³-hybridized carbons (Fsp3) is 0.0435. The number of rotatable bonds is 5. The summed E-state index contributed by atoms with van der Waals surface area (Å²) in [7, 11) is 0. The van der Waals surface area contributed by atoms with Gasteiger partial charge >= 0.3 is 0 Å². The molecule has 4 aromatic rings. The zero-order valence-electron chi connectivity index (χ0n) is 15.7. The molecule has 0 aliphatic carbocycles. The third kappa shape index (κ3) is 3.68. The van der Waals surface area contributed by atoms with E-state index in [2.05, 4.69) is 15.4 Å². The van der Waals surface area contributed by atoms with Crippen molar-refractivity contribution in [2.24, 2.45) is 0 Å². The van der Waals surface area contributed by atoms with Crippen molar-refractivity contribution < 1.29 is 9.59 Å². The Bertz CT molecular complexity index is 1170. The largest absolute Gasteiger partial charge is 0.321 e. The number of aromatic nitrogens is 3. The lowest BCUT2D eigenvalue weighted by Crippen LogP contribution is -2.16. The number of hydrogen-bond acceptors (Lipinski definition) is 4. The average Bonchev–Trinajstić information content (AvgIpc) is 3.16. The Kier molecular flexibility index (Phi) is 4.99. The summed E-state index contributed by atoms with van der Waals surface area (Å²) >= 11 is 0. The van der Waals surface area contributed by atoms with Crippen LogP contribution in [-0.2, 0) is 0 Å². The molecular weight excluding hydrogens is 364 g/mol. The molecule has 4 rings (SSSR count). The second-order valence-corrected chi connectivity index (χ2v) is 6.44. The van der Waals surface area contributed by atoms with Crippen molar-refractivity contribution in [2.45, 2.75) is 6.92 Å². The molecule has 0 saturated heterocycles. The number of amides is 1. The van der Waals surface area contributed by atoms with Crippen molar-refractivity contribution in [3.63, 3.8) is 0 Å². The van der Waals surface area contributed by atoms with Crippen molar-refractivity contribution in [2.75, 3.05) is 5.32 Å². The monoisotopic (exact) mass is 382 g/mol. The van der Waals surface area contributed by atoms with E-state index in [1.54, 1.807) is 54.2 Å². The molecule has 2 aromatic heterocycles. The summed E-state index contributed by atoms with van der Waals surface area (Å²) in [5.74, 6) is 0.143. The molecule has 6 nitrogen and oxygen atoms in total. The van der Waals surface area contributed by atoms with Gasteiger partial charge in [0.15, 0.2) is 11.6 Å². The van der Waals surface area contributed by atoms with Crippen LogP contribution in [0.1, 0.15) is 32.0 Å². The van der Waals surface area contributed by atoms with E-state index in [-0.39, 0.29) is 11.7 Å². The third-order valence-electron chi connectivity index (χ3n) is 4.58. The second-order valence-electron chi connectivity index (χ2n) is 6.44. The maximum atomic E-state index is 12.9. The summed E-state index contributed by atoms with van der Waals surface area (Å²) in [6.07, 6.45) is 3.17. The highest BCUT2D eigenvalue weighted by molar-refractivity contribution is 6.15. The third-order valence-corrected chi connectivity index (χ3v) is 4.58. The SMILES string of the molecule is Cc1c(C(=O)Nc2ccccc2C(=O)c2ccccc2)cnn1-c1ccccn1. The van der Waals surface area contributed by atoms with E-state index in [9.17, 15) is 9.59 Å². The van der Waals surface area contributed by atoms with Gasteiger partial charge in [-0.15, -0.1) is 0 Å². The standard InChI is InChI=1S/C23H18N4O2/c1-16-19(15-25-27(16)21-13-7-8-14-24-21)23(29)26-20-12-6-5-11-18(20)22(28)17-9-3-2-4-10-17/h2-15H,1H3,(H,26,29). The van der Waals surface area contributed by atoms with Crippen LogP contribution in [-0.4, -0.2) is 26.5 Å². The topological polar surface area (TPSA) is 76.9 Å². The molecule has 1 N–H and O–H groups in total. The molecule has 0 fully saturated rings. The normalized spacial score (nSPS) is 10.5. The van der Waals surface area contributed by atoms with Crippen LogP contribution in [0.3, 0.4) is 0 Å². The van der Waals surface area contributed by atoms with E-state index in [4.69, 9.17) is 0 Å². The summed E-state index contributed by atoms with van der Waals surface area (Å²) in [4.78, 5) is 30.0. The number of anilines is 1. The van der Waals surface area contributed by atoms with Crippen LogP contribution in [0.2, 0.25) is 0 Å². The number of para-hydroxylation sites is 1. The summed E-state index contributed by atoms with van der Waals surface area (Å²) in [6.45, 7) is 1.80. The van der Waals surface area contributed by atoms with Gasteiger partial charge < -0.3 is 5.32 Å². The fourth-order valence-corrected chi connectivity index (χ4v) is 3.07. The first-order chi connectivity index (χ1) is 14.1. The van der Waals surface area contributed by atoms with Crippen LogP contribution in [0.15, 0.2) is 85.2 Å². The first-order valence-corrected chi connectivity index (χ1v) is 9.11. The van der Waals surface area contributed by atoms with Crippen LogP contribution in [0.25, 0.3) is 5.82 Å². The number of carbonyl (C=O) groups is 2. The van der Waals surface area contributed by atoms with Crippen molar-refractivity contribution in [3.8, 4) is 5.82 Å². The number of ketones is 1. The first kappa shape index (κ1) is 18.3. The molecule has 0 spiro atoms. The predicted octanol–water partition coefficient (Wildman–Crippen LogP) is 4.06. The lowest BCUT2D eigenvalue weighted by atomic mass is 10.0. The van der Waals surface area contributed by atoms with Gasteiger partial charge in [-0.1, -0.05) is 48.5 Å². The molecule has 0 radical (unpaired) electrons. The zero-order chi connectivity index (χ0) is 20.2. The minimum atomic E-state index is -0.335. The first-order valence-electron chi connectivity index (χ1n) is 9.11. The van der Waals surface area contributed by atoms with Gasteiger partial charge in [-0.2, -0.15) is 5.10 Å². The molecule has 29 heavy (non-hydrogen) atoms. The van der Waals surface area contributed by atoms with Crippen LogP contribution < -0.4 is 5.32 Å². The molecule has 2 aromatic carbocycles. The van der Waals surface area contributed by atoms with Gasteiger partial charge in [0.05, 0.1) is 23.1 Å². The maximum Gasteiger partial charge on any atom is 0.259 e. The van der Waals surface area contributed by atoms with Crippen LogP contribution in [0.5, 0.6) is 0 Å². The van der Waals surface area contributed by atoms with Gasteiger partial charge in [-0.3, -0.25) is 9.59 Å². The van der Waals surface area contributed by atoms with E-state index < -0.39 is 0 Å². The number of carbonyl (C=O) groups excluding carboxylic acids is 2. The van der Waals surface area contributed by atoms with E-state index >= 15 is 0 Å². The molecule has 0 saturated carbocycles. The van der Waals surface area contributed by atoms with E-state index in [1.807, 2.05) is 36.4 Å². The zero-order valence-corrected chi connectivity index (χ0v) is 15.7. The second kappa shape index (κ2) is 7.90. The Morgan fingerprint density at radius 3 is 2.34 bits per heavy atom. The van der Waals surface area contributed by atoms with E-state index in [1.165, 1.54) is 6.20 Å². The number of benzene rings is 2. The highest BCUT2D eigenvalue weighted by Crippen LogP contribution is 2.21. The van der Waals surface area contributed by atoms with E-state index in [0.717, 1.165) is 0 Å². The quantitative estimate of drug-likeness (QED) is 0.528. The van der Waals surface area contributed by atoms with Gasteiger partial charge in [0.2, 0.25) is 0 Å². The van der Waals surface area contributed by atoms with Crippen LogP contribution >= 0.6 is 0 Å². The minimum Gasteiger partial charge on any atom is -0.321 e. The van der Waals surface area contributed by atoms with Crippen molar-refractivity contribution >= 4 is 17.4 Å². The lowest BCUT2D eigenvalue weighted by molar-refractivity contribution is 0.102. The lowest BCUT2D eigenvalue weighted by Gasteiger charge is -2.10. The average molecular weight is 382 g/mol. The van der Waals surface area contributed by atoms with Crippen molar-refractivity contribution in [1.29, 1.82) is 0 Å².